The van der Waals surface area contributed by atoms with E-state index in [1.807, 2.05) is 6.92 Å². The number of anilines is 1. The highest BCUT2D eigenvalue weighted by Gasteiger charge is 2.48. The van der Waals surface area contributed by atoms with Crippen LogP contribution in [0.1, 0.15) is 56.0 Å². The number of aliphatic hydroxyl groups excluding tert-OH is 1. The van der Waals surface area contributed by atoms with Gasteiger partial charge in [-0.1, -0.05) is 37.6 Å². The molecule has 1 N–H and O–H groups in total. The van der Waals surface area contributed by atoms with Crippen LogP contribution in [-0.2, 0) is 9.59 Å². The second-order valence-electron chi connectivity index (χ2n) is 8.61. The summed E-state index contributed by atoms with van der Waals surface area (Å²) in [6.07, 6.45) is 2.83. The summed E-state index contributed by atoms with van der Waals surface area (Å²) in [7, 11) is 0. The molecule has 1 saturated heterocycles. The van der Waals surface area contributed by atoms with Gasteiger partial charge in [0.05, 0.1) is 24.8 Å². The Balaban J connectivity index is 1.76. The summed E-state index contributed by atoms with van der Waals surface area (Å²) in [6, 6.07) is 14.6. The number of hydrogen-bond donors (Lipinski definition) is 1. The number of ketones is 1. The van der Waals surface area contributed by atoms with E-state index in [9.17, 15) is 14.7 Å². The Labute approximate surface area is 210 Å². The number of unbranched alkanes of at least 4 members (excludes halogenated alkanes) is 1. The molecular weight excluding hydrogens is 460 g/mol. The largest absolute Gasteiger partial charge is 0.507 e. The number of aliphatic hydroxyl groups is 1. The molecule has 1 atom stereocenters. The van der Waals surface area contributed by atoms with E-state index in [0.29, 0.717) is 41.6 Å². The van der Waals surface area contributed by atoms with Crippen LogP contribution in [0.15, 0.2) is 64.7 Å². The number of ether oxygens (including phenoxy) is 2. The van der Waals surface area contributed by atoms with Gasteiger partial charge >= 0.3 is 5.91 Å². The Hall–Kier alpha value is -4.07. The fraction of sp³-hybridized carbons (Fsp3) is 0.321. The van der Waals surface area contributed by atoms with Gasteiger partial charge in [0.15, 0.2) is 5.82 Å². The van der Waals surface area contributed by atoms with Crippen LogP contribution in [0.3, 0.4) is 0 Å². The fourth-order valence-corrected chi connectivity index (χ4v) is 4.02. The van der Waals surface area contributed by atoms with E-state index in [4.69, 9.17) is 14.0 Å². The van der Waals surface area contributed by atoms with Crippen molar-refractivity contribution < 1.29 is 28.7 Å². The Kier molecular flexibility index (Phi) is 7.73. The predicted octanol–water partition coefficient (Wildman–Crippen LogP) is 5.58. The van der Waals surface area contributed by atoms with Gasteiger partial charge in [-0.25, -0.2) is 0 Å². The molecule has 4 rings (SSSR count). The first-order chi connectivity index (χ1) is 17.4. The molecule has 8 heteroatoms. The maximum atomic E-state index is 13.2. The molecule has 1 amide bonds. The molecule has 1 aliphatic heterocycles. The number of aromatic nitrogens is 1. The summed E-state index contributed by atoms with van der Waals surface area (Å²) in [5.41, 5.74) is 1.00. The lowest BCUT2D eigenvalue weighted by atomic mass is 9.95. The Morgan fingerprint density at radius 1 is 0.972 bits per heavy atom. The highest BCUT2D eigenvalue weighted by atomic mass is 16.5. The summed E-state index contributed by atoms with van der Waals surface area (Å²) in [5.74, 6) is 0.171. The second kappa shape index (κ2) is 11.1. The quantitative estimate of drug-likeness (QED) is 0.171. The van der Waals surface area contributed by atoms with E-state index < -0.39 is 17.7 Å². The van der Waals surface area contributed by atoms with Gasteiger partial charge in [0, 0.05) is 11.6 Å². The van der Waals surface area contributed by atoms with Gasteiger partial charge in [0.2, 0.25) is 0 Å². The molecule has 1 aromatic heterocycles. The van der Waals surface area contributed by atoms with E-state index in [0.717, 1.165) is 19.3 Å². The number of nitrogens with zero attached hydrogens (tertiary/aromatic N) is 2. The number of Topliss-reactive ketones (excluding diaryl/α,β-unsaturated/α-hetero) is 1. The number of benzene rings is 2. The van der Waals surface area contributed by atoms with Gasteiger partial charge in [0.1, 0.15) is 23.0 Å². The van der Waals surface area contributed by atoms with Crippen LogP contribution in [0.4, 0.5) is 5.82 Å². The number of amides is 1. The van der Waals surface area contributed by atoms with Crippen LogP contribution in [-0.4, -0.2) is 35.2 Å². The number of carbonyl (C=O) groups excluding carboxylic acids is 2. The van der Waals surface area contributed by atoms with Crippen molar-refractivity contribution in [3.05, 3.63) is 77.1 Å². The minimum Gasteiger partial charge on any atom is -0.507 e. The highest BCUT2D eigenvalue weighted by Crippen LogP contribution is 2.42. The summed E-state index contributed by atoms with van der Waals surface area (Å²) < 4.78 is 16.5. The first kappa shape index (κ1) is 25.0. The van der Waals surface area contributed by atoms with Crippen LogP contribution >= 0.6 is 0 Å². The zero-order valence-electron chi connectivity index (χ0n) is 20.7. The van der Waals surface area contributed by atoms with Crippen molar-refractivity contribution in [3.8, 4) is 11.5 Å². The molecule has 0 spiro atoms. The smallest absolute Gasteiger partial charge is 0.301 e. The molecule has 1 aliphatic rings. The van der Waals surface area contributed by atoms with Gasteiger partial charge in [-0.3, -0.25) is 14.5 Å². The van der Waals surface area contributed by atoms with E-state index >= 15 is 0 Å². The number of carbonyl (C=O) groups is 2. The molecule has 0 aliphatic carbocycles. The van der Waals surface area contributed by atoms with Crippen LogP contribution in [0, 0.1) is 6.92 Å². The van der Waals surface area contributed by atoms with E-state index in [2.05, 4.69) is 12.1 Å². The molecule has 1 fully saturated rings. The Morgan fingerprint density at radius 2 is 1.61 bits per heavy atom. The monoisotopic (exact) mass is 490 g/mol. The number of rotatable bonds is 10. The highest BCUT2D eigenvalue weighted by molar-refractivity contribution is 6.51. The Morgan fingerprint density at radius 3 is 2.19 bits per heavy atom. The summed E-state index contributed by atoms with van der Waals surface area (Å²) in [4.78, 5) is 27.7. The minimum atomic E-state index is -0.893. The first-order valence-electron chi connectivity index (χ1n) is 12.1. The second-order valence-corrected chi connectivity index (χ2v) is 8.61. The summed E-state index contributed by atoms with van der Waals surface area (Å²) >= 11 is 0. The fourth-order valence-electron chi connectivity index (χ4n) is 4.02. The normalized spacial score (nSPS) is 17.0. The van der Waals surface area contributed by atoms with Gasteiger partial charge < -0.3 is 19.1 Å². The average molecular weight is 491 g/mol. The SMILES string of the molecule is CCCCOc1ccc([C@@H]2/C(=C(\O)c3ccc(OCCC)cc3)C(=O)C(=O)N2c2cc(C)on2)cc1. The average Bonchev–Trinajstić information content (AvgIpc) is 3.43. The van der Waals surface area contributed by atoms with E-state index in [1.54, 1.807) is 61.5 Å². The molecule has 0 unspecified atom stereocenters. The lowest BCUT2D eigenvalue weighted by molar-refractivity contribution is -0.132. The molecule has 0 radical (unpaired) electrons. The van der Waals surface area contributed by atoms with Crippen LogP contribution in [0.2, 0.25) is 0 Å². The minimum absolute atomic E-state index is 0.0254. The molecule has 0 saturated carbocycles. The molecule has 3 aromatic rings. The van der Waals surface area contributed by atoms with Crippen LogP contribution in [0.5, 0.6) is 11.5 Å². The molecule has 0 bridgehead atoms. The maximum absolute atomic E-state index is 13.2. The van der Waals surface area contributed by atoms with E-state index in [1.165, 1.54) is 4.90 Å². The van der Waals surface area contributed by atoms with Crippen molar-refractivity contribution in [1.82, 2.24) is 5.16 Å². The molecule has 188 valence electrons. The summed E-state index contributed by atoms with van der Waals surface area (Å²) in [5, 5.41) is 15.2. The van der Waals surface area contributed by atoms with Crippen molar-refractivity contribution >= 4 is 23.3 Å². The number of aryl methyl sites for hydroxylation is 1. The zero-order chi connectivity index (χ0) is 25.7. The summed E-state index contributed by atoms with van der Waals surface area (Å²) in [6.45, 7) is 6.98. The third-order valence-electron chi connectivity index (χ3n) is 5.87. The van der Waals surface area contributed by atoms with E-state index in [-0.39, 0.29) is 17.2 Å². The topological polar surface area (TPSA) is 102 Å². The van der Waals surface area contributed by atoms with Crippen molar-refractivity contribution in [1.29, 1.82) is 0 Å². The van der Waals surface area contributed by atoms with Crippen molar-refractivity contribution in [2.45, 2.75) is 46.1 Å². The lowest BCUT2D eigenvalue weighted by Crippen LogP contribution is -2.29. The standard InChI is InChI=1S/C28H30N2O6/c1-4-6-16-35-22-11-7-19(8-12-22)25-24(26(31)20-9-13-21(14-10-20)34-15-5-2)27(32)28(33)30(25)23-17-18(3)36-29-23/h7-14,17,25,31H,4-6,15-16H2,1-3H3/b26-24+/t25-/m1/s1. The van der Waals surface area contributed by atoms with Gasteiger partial charge in [-0.15, -0.1) is 0 Å². The molecule has 2 heterocycles. The number of hydrogen-bond acceptors (Lipinski definition) is 7. The molecular formula is C28H30N2O6. The van der Waals surface area contributed by atoms with Crippen LogP contribution in [0.25, 0.3) is 5.76 Å². The zero-order valence-corrected chi connectivity index (χ0v) is 20.7. The van der Waals surface area contributed by atoms with Crippen molar-refractivity contribution in [3.63, 3.8) is 0 Å². The van der Waals surface area contributed by atoms with Crippen molar-refractivity contribution in [2.75, 3.05) is 18.1 Å². The predicted molar refractivity (Wildman–Crippen MR) is 135 cm³/mol. The molecule has 36 heavy (non-hydrogen) atoms. The van der Waals surface area contributed by atoms with Gasteiger partial charge in [0.25, 0.3) is 5.78 Å². The lowest BCUT2D eigenvalue weighted by Gasteiger charge is -2.23. The Bertz CT molecular complexity index is 1240. The first-order valence-corrected chi connectivity index (χ1v) is 12.1. The van der Waals surface area contributed by atoms with Gasteiger partial charge in [-0.05, 0) is 61.7 Å². The van der Waals surface area contributed by atoms with Crippen LogP contribution < -0.4 is 14.4 Å². The third kappa shape index (κ3) is 5.12. The molecule has 8 nitrogen and oxygen atoms in total. The maximum Gasteiger partial charge on any atom is 0.301 e. The third-order valence-corrected chi connectivity index (χ3v) is 5.87. The van der Waals surface area contributed by atoms with Gasteiger partial charge in [-0.2, -0.15) is 0 Å². The van der Waals surface area contributed by atoms with Crippen molar-refractivity contribution in [2.24, 2.45) is 0 Å². The molecule has 2 aromatic carbocycles.